The Kier molecular flexibility index (Phi) is 6.57. The van der Waals surface area contributed by atoms with Gasteiger partial charge in [-0.05, 0) is 47.1 Å². The minimum atomic E-state index is -1.12. The van der Waals surface area contributed by atoms with E-state index in [-0.39, 0.29) is 11.3 Å². The first-order chi connectivity index (χ1) is 15.8. The number of carboxylic acids is 1. The summed E-state index contributed by atoms with van der Waals surface area (Å²) in [7, 11) is 0. The standard InChI is InChI=1S/C24H17BrClN3O4/c1-14(24(31)32)33-21-16(11-17(26)12-19(21)25)13-27-29-22(15-7-3-2-4-8-15)28-20-10-6-5-9-18(20)23(29)30/h2-14H,1H3,(H,31,32)/t14-/m1/s1. The number of hydrogen-bond acceptors (Lipinski definition) is 5. The number of benzene rings is 3. The molecule has 1 N–H and O–H groups in total. The smallest absolute Gasteiger partial charge is 0.344 e. The molecule has 0 fully saturated rings. The van der Waals surface area contributed by atoms with Gasteiger partial charge in [-0.15, -0.1) is 0 Å². The molecule has 0 aliphatic heterocycles. The lowest BCUT2D eigenvalue weighted by Crippen LogP contribution is -2.24. The first kappa shape index (κ1) is 22.7. The molecule has 7 nitrogen and oxygen atoms in total. The summed E-state index contributed by atoms with van der Waals surface area (Å²) in [6, 6.07) is 19.4. The van der Waals surface area contributed by atoms with Gasteiger partial charge in [0.25, 0.3) is 5.56 Å². The van der Waals surface area contributed by atoms with Gasteiger partial charge in [-0.3, -0.25) is 4.79 Å². The summed E-state index contributed by atoms with van der Waals surface area (Å²) < 4.78 is 7.26. The largest absolute Gasteiger partial charge is 0.479 e. The first-order valence-electron chi connectivity index (χ1n) is 9.85. The number of aliphatic carboxylic acids is 1. The maximum Gasteiger partial charge on any atom is 0.344 e. The molecule has 0 aliphatic carbocycles. The van der Waals surface area contributed by atoms with E-state index in [0.717, 1.165) is 0 Å². The van der Waals surface area contributed by atoms with Crippen molar-refractivity contribution in [3.05, 3.63) is 92.1 Å². The molecule has 4 aromatic rings. The molecular formula is C24H17BrClN3O4. The van der Waals surface area contributed by atoms with E-state index in [0.29, 0.717) is 37.3 Å². The van der Waals surface area contributed by atoms with Crippen LogP contribution in [0.1, 0.15) is 12.5 Å². The molecular weight excluding hydrogens is 510 g/mol. The molecule has 0 saturated carbocycles. The second-order valence-electron chi connectivity index (χ2n) is 7.08. The van der Waals surface area contributed by atoms with E-state index in [1.807, 2.05) is 36.4 Å². The third-order valence-electron chi connectivity index (χ3n) is 4.78. The maximum absolute atomic E-state index is 13.3. The van der Waals surface area contributed by atoms with Gasteiger partial charge in [0.1, 0.15) is 5.75 Å². The Balaban J connectivity index is 1.90. The van der Waals surface area contributed by atoms with Gasteiger partial charge in [0.15, 0.2) is 11.9 Å². The maximum atomic E-state index is 13.3. The monoisotopic (exact) mass is 525 g/mol. The van der Waals surface area contributed by atoms with Crippen LogP contribution in [0.2, 0.25) is 5.02 Å². The lowest BCUT2D eigenvalue weighted by atomic mass is 10.2. The normalized spacial score (nSPS) is 12.2. The van der Waals surface area contributed by atoms with Gasteiger partial charge < -0.3 is 9.84 Å². The Hall–Kier alpha value is -3.49. The van der Waals surface area contributed by atoms with Gasteiger partial charge in [0, 0.05) is 16.1 Å². The van der Waals surface area contributed by atoms with Gasteiger partial charge in [-0.2, -0.15) is 9.78 Å². The molecule has 0 bridgehead atoms. The number of hydrogen-bond donors (Lipinski definition) is 1. The molecule has 3 aromatic carbocycles. The van der Waals surface area contributed by atoms with Gasteiger partial charge in [-0.1, -0.05) is 54.1 Å². The van der Waals surface area contributed by atoms with Crippen LogP contribution >= 0.6 is 27.5 Å². The summed E-state index contributed by atoms with van der Waals surface area (Å²) in [6.07, 6.45) is 0.282. The van der Waals surface area contributed by atoms with Crippen LogP contribution in [0.15, 0.2) is 81.1 Å². The summed E-state index contributed by atoms with van der Waals surface area (Å²) in [5, 5.41) is 14.4. The van der Waals surface area contributed by atoms with E-state index >= 15 is 0 Å². The number of halogens is 2. The average molecular weight is 527 g/mol. The van der Waals surface area contributed by atoms with Crippen molar-refractivity contribution >= 4 is 50.6 Å². The minimum Gasteiger partial charge on any atom is -0.479 e. The van der Waals surface area contributed by atoms with Crippen molar-refractivity contribution in [2.24, 2.45) is 5.10 Å². The molecule has 0 aliphatic rings. The molecule has 1 heterocycles. The molecule has 0 spiro atoms. The second-order valence-corrected chi connectivity index (χ2v) is 8.38. The molecule has 0 unspecified atom stereocenters. The SMILES string of the molecule is C[C@@H](Oc1c(Br)cc(Cl)cc1C=Nn1c(-c2ccccc2)nc2ccccc2c1=O)C(=O)O. The van der Waals surface area contributed by atoms with Crippen molar-refractivity contribution in [3.8, 4) is 17.1 Å². The average Bonchev–Trinajstić information content (AvgIpc) is 2.80. The third kappa shape index (κ3) is 4.81. The van der Waals surface area contributed by atoms with Crippen LogP contribution in [0.4, 0.5) is 0 Å². The Morgan fingerprint density at radius 1 is 1.18 bits per heavy atom. The topological polar surface area (TPSA) is 93.8 Å². The lowest BCUT2D eigenvalue weighted by molar-refractivity contribution is -0.144. The highest BCUT2D eigenvalue weighted by Gasteiger charge is 2.18. The molecule has 1 aromatic heterocycles. The Morgan fingerprint density at radius 3 is 2.61 bits per heavy atom. The van der Waals surface area contributed by atoms with Crippen molar-refractivity contribution in [2.75, 3.05) is 0 Å². The van der Waals surface area contributed by atoms with Crippen molar-refractivity contribution < 1.29 is 14.6 Å². The van der Waals surface area contributed by atoms with Crippen LogP contribution in [-0.4, -0.2) is 33.1 Å². The highest BCUT2D eigenvalue weighted by Crippen LogP contribution is 2.33. The fourth-order valence-electron chi connectivity index (χ4n) is 3.15. The van der Waals surface area contributed by atoms with Crippen molar-refractivity contribution in [1.82, 2.24) is 9.66 Å². The Labute approximate surface area is 202 Å². The van der Waals surface area contributed by atoms with E-state index in [9.17, 15) is 14.7 Å². The fraction of sp³-hybridized carbons (Fsp3) is 0.0833. The number of aromatic nitrogens is 2. The predicted molar refractivity (Wildman–Crippen MR) is 131 cm³/mol. The van der Waals surface area contributed by atoms with Crippen LogP contribution in [0.5, 0.6) is 5.75 Å². The zero-order chi connectivity index (χ0) is 23.5. The molecule has 0 saturated heterocycles. The van der Waals surface area contributed by atoms with Gasteiger partial charge in [0.2, 0.25) is 0 Å². The molecule has 166 valence electrons. The van der Waals surface area contributed by atoms with Crippen LogP contribution in [0.25, 0.3) is 22.3 Å². The molecule has 33 heavy (non-hydrogen) atoms. The number of rotatable bonds is 6. The van der Waals surface area contributed by atoms with E-state index in [2.05, 4.69) is 26.0 Å². The minimum absolute atomic E-state index is 0.237. The molecule has 9 heteroatoms. The van der Waals surface area contributed by atoms with E-state index in [1.54, 1.807) is 30.3 Å². The summed E-state index contributed by atoms with van der Waals surface area (Å²) in [6.45, 7) is 1.41. The number of para-hydroxylation sites is 1. The number of carbonyl (C=O) groups is 1. The molecule has 0 radical (unpaired) electrons. The van der Waals surface area contributed by atoms with Gasteiger partial charge in [0.05, 0.1) is 21.6 Å². The van der Waals surface area contributed by atoms with Gasteiger partial charge >= 0.3 is 5.97 Å². The van der Waals surface area contributed by atoms with Gasteiger partial charge in [-0.25, -0.2) is 9.78 Å². The van der Waals surface area contributed by atoms with Crippen LogP contribution in [0.3, 0.4) is 0 Å². The van der Waals surface area contributed by atoms with Crippen molar-refractivity contribution in [2.45, 2.75) is 13.0 Å². The number of ether oxygens (including phenoxy) is 1. The zero-order valence-corrected chi connectivity index (χ0v) is 19.6. The highest BCUT2D eigenvalue weighted by molar-refractivity contribution is 9.10. The zero-order valence-electron chi connectivity index (χ0n) is 17.3. The van der Waals surface area contributed by atoms with Crippen LogP contribution in [-0.2, 0) is 4.79 Å². The number of fused-ring (bicyclic) bond motifs is 1. The summed E-state index contributed by atoms with van der Waals surface area (Å²) in [4.78, 5) is 29.2. The Bertz CT molecular complexity index is 1440. The second kappa shape index (κ2) is 9.56. The number of carboxylic acid groups (broad SMARTS) is 1. The van der Waals surface area contributed by atoms with E-state index < -0.39 is 12.1 Å². The molecule has 0 amide bonds. The van der Waals surface area contributed by atoms with E-state index in [1.165, 1.54) is 17.8 Å². The fourth-order valence-corrected chi connectivity index (χ4v) is 4.08. The summed E-state index contributed by atoms with van der Waals surface area (Å²) in [5.74, 6) is -0.528. The van der Waals surface area contributed by atoms with Crippen molar-refractivity contribution in [3.63, 3.8) is 0 Å². The Morgan fingerprint density at radius 2 is 1.88 bits per heavy atom. The molecule has 1 atom stereocenters. The summed E-state index contributed by atoms with van der Waals surface area (Å²) in [5.41, 5.74) is 1.30. The quantitative estimate of drug-likeness (QED) is 0.348. The summed E-state index contributed by atoms with van der Waals surface area (Å²) >= 11 is 9.55. The predicted octanol–water partition coefficient (Wildman–Crippen LogP) is 5.21. The van der Waals surface area contributed by atoms with Crippen LogP contribution < -0.4 is 10.3 Å². The number of nitrogens with zero attached hydrogens (tertiary/aromatic N) is 3. The third-order valence-corrected chi connectivity index (χ3v) is 5.58. The van der Waals surface area contributed by atoms with Crippen molar-refractivity contribution in [1.29, 1.82) is 0 Å². The highest BCUT2D eigenvalue weighted by atomic mass is 79.9. The first-order valence-corrected chi connectivity index (χ1v) is 11.0. The van der Waals surface area contributed by atoms with E-state index in [4.69, 9.17) is 16.3 Å². The van der Waals surface area contributed by atoms with Crippen LogP contribution in [0, 0.1) is 0 Å². The molecule has 4 rings (SSSR count). The lowest BCUT2D eigenvalue weighted by Gasteiger charge is -2.15.